The van der Waals surface area contributed by atoms with Crippen LogP contribution >= 0.6 is 0 Å². The van der Waals surface area contributed by atoms with Gasteiger partial charge in [-0.1, -0.05) is 0 Å². The third-order valence-corrected chi connectivity index (χ3v) is 2.70. The van der Waals surface area contributed by atoms with E-state index in [-0.39, 0.29) is 11.7 Å². The van der Waals surface area contributed by atoms with Crippen LogP contribution in [0.15, 0.2) is 34.9 Å². The molecule has 0 aliphatic heterocycles. The second-order valence-corrected chi connectivity index (χ2v) is 4.37. The molecule has 0 amide bonds. The van der Waals surface area contributed by atoms with Crippen LogP contribution in [0.4, 0.5) is 20.2 Å². The van der Waals surface area contributed by atoms with E-state index in [0.717, 1.165) is 6.07 Å². The molecule has 106 valence electrons. The molecule has 0 fully saturated rings. The molecule has 0 radical (unpaired) electrons. The fraction of sp³-hybridized carbons (Fsp3) is 0.231. The van der Waals surface area contributed by atoms with Crippen LogP contribution in [0.25, 0.3) is 0 Å². The van der Waals surface area contributed by atoms with Crippen LogP contribution < -0.4 is 5.32 Å². The van der Waals surface area contributed by atoms with Crippen LogP contribution in [-0.4, -0.2) is 11.0 Å². The first-order chi connectivity index (χ1) is 9.47. The van der Waals surface area contributed by atoms with E-state index in [1.807, 2.05) is 0 Å². The van der Waals surface area contributed by atoms with Crippen molar-refractivity contribution in [1.82, 2.24) is 0 Å². The quantitative estimate of drug-likeness (QED) is 0.673. The largest absolute Gasteiger partial charge is 0.469 e. The Morgan fingerprint density at radius 2 is 2.20 bits per heavy atom. The predicted molar refractivity (Wildman–Crippen MR) is 68.5 cm³/mol. The molecule has 0 saturated heterocycles. The fourth-order valence-corrected chi connectivity index (χ4v) is 1.91. The smallest absolute Gasteiger partial charge is 0.327 e. The Balaban J connectivity index is 2.21. The third kappa shape index (κ3) is 3.11. The Labute approximate surface area is 113 Å². The van der Waals surface area contributed by atoms with Gasteiger partial charge in [0, 0.05) is 24.6 Å². The zero-order valence-electron chi connectivity index (χ0n) is 10.6. The van der Waals surface area contributed by atoms with Crippen molar-refractivity contribution in [3.8, 4) is 0 Å². The van der Waals surface area contributed by atoms with Gasteiger partial charge >= 0.3 is 5.69 Å². The number of hydrogen-bond donors (Lipinski definition) is 1. The molecule has 7 heteroatoms. The number of nitro benzene ring substituents is 1. The SMILES string of the molecule is CC(Cc1ccco1)Nc1cc(F)cc(F)c1[N+](=O)[O-]. The number of nitrogens with one attached hydrogen (secondary N) is 1. The van der Waals surface area contributed by atoms with Crippen LogP contribution in [-0.2, 0) is 6.42 Å². The minimum atomic E-state index is -1.21. The van der Waals surface area contributed by atoms with E-state index >= 15 is 0 Å². The Bertz CT molecular complexity index is 614. The molecule has 0 spiro atoms. The lowest BCUT2D eigenvalue weighted by molar-refractivity contribution is -0.386. The Hall–Kier alpha value is -2.44. The summed E-state index contributed by atoms with van der Waals surface area (Å²) in [4.78, 5) is 9.96. The highest BCUT2D eigenvalue weighted by atomic mass is 19.1. The lowest BCUT2D eigenvalue weighted by Gasteiger charge is -2.14. The minimum Gasteiger partial charge on any atom is -0.469 e. The van der Waals surface area contributed by atoms with E-state index in [0.29, 0.717) is 18.2 Å². The maximum atomic E-state index is 13.4. The van der Waals surface area contributed by atoms with Crippen LogP contribution in [0.2, 0.25) is 0 Å². The minimum absolute atomic E-state index is 0.188. The normalized spacial score (nSPS) is 12.2. The summed E-state index contributed by atoms with van der Waals surface area (Å²) in [7, 11) is 0. The zero-order valence-corrected chi connectivity index (χ0v) is 10.6. The summed E-state index contributed by atoms with van der Waals surface area (Å²) in [6.45, 7) is 1.73. The van der Waals surface area contributed by atoms with E-state index < -0.39 is 22.2 Å². The molecule has 1 aromatic carbocycles. The van der Waals surface area contributed by atoms with Crippen molar-refractivity contribution >= 4 is 11.4 Å². The number of halogens is 2. The molecule has 2 rings (SSSR count). The topological polar surface area (TPSA) is 68.3 Å². The number of furan rings is 1. The number of anilines is 1. The lowest BCUT2D eigenvalue weighted by Crippen LogP contribution is -2.19. The van der Waals surface area contributed by atoms with Crippen molar-refractivity contribution in [2.24, 2.45) is 0 Å². The molecule has 1 atom stereocenters. The van der Waals surface area contributed by atoms with E-state index in [2.05, 4.69) is 5.32 Å². The number of rotatable bonds is 5. The Morgan fingerprint density at radius 3 is 2.80 bits per heavy atom. The maximum Gasteiger partial charge on any atom is 0.327 e. The first-order valence-electron chi connectivity index (χ1n) is 5.89. The summed E-state index contributed by atoms with van der Waals surface area (Å²) in [5, 5.41) is 13.6. The van der Waals surface area contributed by atoms with E-state index in [1.165, 1.54) is 6.26 Å². The monoisotopic (exact) mass is 282 g/mol. The summed E-state index contributed by atoms with van der Waals surface area (Å²) in [5.41, 5.74) is -0.954. The lowest BCUT2D eigenvalue weighted by atomic mass is 10.1. The number of hydrogen-bond acceptors (Lipinski definition) is 4. The molecule has 1 heterocycles. The highest BCUT2D eigenvalue weighted by molar-refractivity contribution is 5.62. The van der Waals surface area contributed by atoms with Gasteiger partial charge in [0.25, 0.3) is 0 Å². The number of benzene rings is 1. The van der Waals surface area contributed by atoms with Crippen molar-refractivity contribution in [3.05, 3.63) is 58.0 Å². The van der Waals surface area contributed by atoms with Crippen molar-refractivity contribution < 1.29 is 18.1 Å². The Kier molecular flexibility index (Phi) is 3.97. The molecule has 5 nitrogen and oxygen atoms in total. The fourth-order valence-electron chi connectivity index (χ4n) is 1.91. The number of nitrogens with zero attached hydrogens (tertiary/aromatic N) is 1. The molecule has 1 aromatic heterocycles. The van der Waals surface area contributed by atoms with Crippen molar-refractivity contribution in [2.45, 2.75) is 19.4 Å². The molecule has 1 unspecified atom stereocenters. The van der Waals surface area contributed by atoms with Gasteiger partial charge in [0.05, 0.1) is 11.2 Å². The first-order valence-corrected chi connectivity index (χ1v) is 5.89. The molecule has 1 N–H and O–H groups in total. The Morgan fingerprint density at radius 1 is 1.45 bits per heavy atom. The van der Waals surface area contributed by atoms with Gasteiger partial charge in [0.1, 0.15) is 17.3 Å². The summed E-state index contributed by atoms with van der Waals surface area (Å²) >= 11 is 0. The van der Waals surface area contributed by atoms with Gasteiger partial charge in [-0.25, -0.2) is 4.39 Å². The zero-order chi connectivity index (χ0) is 14.7. The average molecular weight is 282 g/mol. The molecule has 0 saturated carbocycles. The van der Waals surface area contributed by atoms with Gasteiger partial charge < -0.3 is 9.73 Å². The highest BCUT2D eigenvalue weighted by Crippen LogP contribution is 2.29. The highest BCUT2D eigenvalue weighted by Gasteiger charge is 2.23. The van der Waals surface area contributed by atoms with Crippen LogP contribution in [0.5, 0.6) is 0 Å². The van der Waals surface area contributed by atoms with Gasteiger partial charge in [0.15, 0.2) is 0 Å². The molecular formula is C13H12F2N2O3. The standard InChI is InChI=1S/C13H12F2N2O3/c1-8(5-10-3-2-4-20-10)16-12-7-9(14)6-11(15)13(12)17(18)19/h2-4,6-8,16H,5H2,1H3. The molecule has 0 bridgehead atoms. The van der Waals surface area contributed by atoms with Crippen molar-refractivity contribution in [2.75, 3.05) is 5.32 Å². The number of nitro groups is 1. The first kappa shape index (κ1) is 14.0. The second kappa shape index (κ2) is 5.68. The summed E-state index contributed by atoms with van der Waals surface area (Å²) in [6.07, 6.45) is 1.94. The van der Waals surface area contributed by atoms with E-state index in [1.54, 1.807) is 19.1 Å². The van der Waals surface area contributed by atoms with Crippen LogP contribution in [0, 0.1) is 21.7 Å². The summed E-state index contributed by atoms with van der Waals surface area (Å²) in [6, 6.07) is 4.56. The molecule has 0 aliphatic rings. The molecule has 0 aliphatic carbocycles. The van der Waals surface area contributed by atoms with E-state index in [9.17, 15) is 18.9 Å². The van der Waals surface area contributed by atoms with E-state index in [4.69, 9.17) is 4.42 Å². The molecule has 20 heavy (non-hydrogen) atoms. The van der Waals surface area contributed by atoms with Crippen molar-refractivity contribution in [1.29, 1.82) is 0 Å². The van der Waals surface area contributed by atoms with Crippen LogP contribution in [0.3, 0.4) is 0 Å². The average Bonchev–Trinajstić information content (AvgIpc) is 2.79. The van der Waals surface area contributed by atoms with Crippen molar-refractivity contribution in [3.63, 3.8) is 0 Å². The molecule has 2 aromatic rings. The van der Waals surface area contributed by atoms with Gasteiger partial charge in [-0.05, 0) is 19.1 Å². The van der Waals surface area contributed by atoms with Gasteiger partial charge in [-0.15, -0.1) is 0 Å². The molecular weight excluding hydrogens is 270 g/mol. The second-order valence-electron chi connectivity index (χ2n) is 4.37. The summed E-state index contributed by atoms with van der Waals surface area (Å²) < 4.78 is 31.8. The predicted octanol–water partition coefficient (Wildman–Crippen LogP) is 3.51. The van der Waals surface area contributed by atoms with Crippen LogP contribution in [0.1, 0.15) is 12.7 Å². The maximum absolute atomic E-state index is 13.4. The van der Waals surface area contributed by atoms with Gasteiger partial charge in [-0.2, -0.15) is 4.39 Å². The van der Waals surface area contributed by atoms with Gasteiger partial charge in [-0.3, -0.25) is 10.1 Å². The van der Waals surface area contributed by atoms with Gasteiger partial charge in [0.2, 0.25) is 5.82 Å². The third-order valence-electron chi connectivity index (χ3n) is 2.70. The summed E-state index contributed by atoms with van der Waals surface area (Å²) in [5.74, 6) is -1.41.